The van der Waals surface area contributed by atoms with Crippen LogP contribution in [-0.2, 0) is 5.41 Å². The Morgan fingerprint density at radius 2 is 1.25 bits per heavy atom. The van der Waals surface area contributed by atoms with E-state index in [1.807, 2.05) is 0 Å². The Balaban J connectivity index is 2.04. The second kappa shape index (κ2) is 7.80. The largest absolute Gasteiger partial charge is 0.336 e. The van der Waals surface area contributed by atoms with Crippen LogP contribution in [0.25, 0.3) is 11.1 Å². The average Bonchev–Trinajstić information content (AvgIpc) is 2.94. The topological polar surface area (TPSA) is 3.24 Å². The molecule has 0 unspecified atom stereocenters. The van der Waals surface area contributed by atoms with Crippen LogP contribution in [0.1, 0.15) is 96.4 Å². The van der Waals surface area contributed by atoms with Gasteiger partial charge in [-0.3, -0.25) is 0 Å². The van der Waals surface area contributed by atoms with Crippen molar-refractivity contribution in [1.82, 2.24) is 0 Å². The van der Waals surface area contributed by atoms with Crippen LogP contribution < -0.4 is 4.90 Å². The predicted molar refractivity (Wildman–Crippen MR) is 141 cm³/mol. The molecule has 1 aliphatic carbocycles. The highest BCUT2D eigenvalue weighted by Gasteiger charge is 2.38. The summed E-state index contributed by atoms with van der Waals surface area (Å²) >= 11 is 0. The third-order valence-corrected chi connectivity index (χ3v) is 7.06. The van der Waals surface area contributed by atoms with Crippen LogP contribution in [0.15, 0.2) is 60.7 Å². The van der Waals surface area contributed by atoms with E-state index >= 15 is 0 Å². The quantitative estimate of drug-likeness (QED) is 0.403. The molecule has 0 aliphatic heterocycles. The molecule has 168 valence electrons. The maximum Gasteiger partial charge on any atom is 0.0454 e. The van der Waals surface area contributed by atoms with Gasteiger partial charge in [-0.1, -0.05) is 84.0 Å². The van der Waals surface area contributed by atoms with Crippen LogP contribution in [0, 0.1) is 0 Å². The summed E-state index contributed by atoms with van der Waals surface area (Å²) in [7, 11) is 0. The number of benzene rings is 3. The van der Waals surface area contributed by atoms with E-state index in [1.165, 1.54) is 44.8 Å². The van der Waals surface area contributed by atoms with E-state index in [2.05, 4.69) is 128 Å². The highest BCUT2D eigenvalue weighted by Crippen LogP contribution is 2.52. The van der Waals surface area contributed by atoms with Crippen molar-refractivity contribution in [3.05, 3.63) is 82.9 Å². The molecule has 0 radical (unpaired) electrons. The van der Waals surface area contributed by atoms with Crippen molar-refractivity contribution in [3.8, 4) is 11.1 Å². The van der Waals surface area contributed by atoms with Gasteiger partial charge in [-0.05, 0) is 84.2 Å². The van der Waals surface area contributed by atoms with Gasteiger partial charge in [0.25, 0.3) is 0 Å². The van der Waals surface area contributed by atoms with Gasteiger partial charge in [0.2, 0.25) is 0 Å². The summed E-state index contributed by atoms with van der Waals surface area (Å²) in [6.45, 7) is 21.0. The van der Waals surface area contributed by atoms with E-state index < -0.39 is 0 Å². The molecule has 3 aromatic rings. The molecule has 0 fully saturated rings. The number of anilines is 2. The molecule has 0 saturated carbocycles. The smallest absolute Gasteiger partial charge is 0.0454 e. The fourth-order valence-corrected chi connectivity index (χ4v) is 5.44. The Labute approximate surface area is 195 Å². The average molecular weight is 426 g/mol. The van der Waals surface area contributed by atoms with E-state index in [4.69, 9.17) is 0 Å². The van der Waals surface area contributed by atoms with Gasteiger partial charge in [0, 0.05) is 22.3 Å². The number of rotatable bonds is 4. The first kappa shape index (κ1) is 22.6. The SMILES string of the molecule is CC(C)c1ccccc1N(c1cc2c(cc1C(C)C)-c1ccccc1C2(C)C)C(C)(C)C. The summed E-state index contributed by atoms with van der Waals surface area (Å²) in [4.78, 5) is 2.59. The Hall–Kier alpha value is -2.54. The maximum absolute atomic E-state index is 2.59. The van der Waals surface area contributed by atoms with Crippen LogP contribution in [0.3, 0.4) is 0 Å². The fourth-order valence-electron chi connectivity index (χ4n) is 5.44. The Morgan fingerprint density at radius 1 is 0.656 bits per heavy atom. The van der Waals surface area contributed by atoms with Gasteiger partial charge >= 0.3 is 0 Å². The number of para-hydroxylation sites is 1. The van der Waals surface area contributed by atoms with Crippen LogP contribution in [0.4, 0.5) is 11.4 Å². The summed E-state index contributed by atoms with van der Waals surface area (Å²) in [5.74, 6) is 0.899. The summed E-state index contributed by atoms with van der Waals surface area (Å²) in [5, 5.41) is 0. The lowest BCUT2D eigenvalue weighted by molar-refractivity contribution is 0.554. The molecule has 3 aromatic carbocycles. The molecular weight excluding hydrogens is 386 g/mol. The van der Waals surface area contributed by atoms with Crippen LogP contribution >= 0.6 is 0 Å². The maximum atomic E-state index is 2.59. The van der Waals surface area contributed by atoms with Gasteiger partial charge in [0.15, 0.2) is 0 Å². The van der Waals surface area contributed by atoms with Crippen LogP contribution in [-0.4, -0.2) is 5.54 Å². The third-order valence-electron chi connectivity index (χ3n) is 7.06. The zero-order chi connectivity index (χ0) is 23.4. The minimum absolute atomic E-state index is 0.00267. The molecule has 0 heterocycles. The van der Waals surface area contributed by atoms with Crippen LogP contribution in [0.5, 0.6) is 0 Å². The lowest BCUT2D eigenvalue weighted by Gasteiger charge is -2.42. The highest BCUT2D eigenvalue weighted by atomic mass is 15.2. The summed E-state index contributed by atoms with van der Waals surface area (Å²) < 4.78 is 0. The Kier molecular flexibility index (Phi) is 5.52. The first-order chi connectivity index (χ1) is 14.9. The number of hydrogen-bond donors (Lipinski definition) is 0. The predicted octanol–water partition coefficient (Wildman–Crippen LogP) is 9.18. The zero-order valence-corrected chi connectivity index (χ0v) is 21.4. The summed E-state index contributed by atoms with van der Waals surface area (Å²) in [6, 6.07) is 22.9. The number of hydrogen-bond acceptors (Lipinski definition) is 1. The Morgan fingerprint density at radius 3 is 1.88 bits per heavy atom. The molecule has 0 aromatic heterocycles. The van der Waals surface area contributed by atoms with E-state index in [9.17, 15) is 0 Å². The summed E-state index contributed by atoms with van der Waals surface area (Å²) in [6.07, 6.45) is 0. The second-order valence-corrected chi connectivity index (χ2v) is 11.5. The van der Waals surface area contributed by atoms with Gasteiger partial charge in [-0.25, -0.2) is 0 Å². The number of fused-ring (bicyclic) bond motifs is 3. The Bertz CT molecular complexity index is 1140. The third kappa shape index (κ3) is 3.56. The fraction of sp³-hybridized carbons (Fsp3) is 0.419. The van der Waals surface area contributed by atoms with Crippen molar-refractivity contribution in [1.29, 1.82) is 0 Å². The number of nitrogens with zero attached hydrogens (tertiary/aromatic N) is 1. The molecule has 0 atom stereocenters. The van der Waals surface area contributed by atoms with E-state index in [-0.39, 0.29) is 11.0 Å². The zero-order valence-electron chi connectivity index (χ0n) is 21.4. The molecule has 0 spiro atoms. The molecular formula is C31H39N. The molecule has 0 saturated heterocycles. The standard InChI is InChI=1S/C31H39N/c1-20(2)22-14-11-13-17-28(22)32(30(5,6)7)29-19-27-25(18-24(29)21(3)4)23-15-10-12-16-26(23)31(27,8)9/h10-21H,1-9H3. The van der Waals surface area contributed by atoms with E-state index in [0.29, 0.717) is 11.8 Å². The molecule has 4 rings (SSSR count). The molecule has 32 heavy (non-hydrogen) atoms. The second-order valence-electron chi connectivity index (χ2n) is 11.5. The summed E-state index contributed by atoms with van der Waals surface area (Å²) in [5.41, 5.74) is 11.1. The highest BCUT2D eigenvalue weighted by molar-refractivity contribution is 5.85. The normalized spacial score (nSPS) is 14.6. The van der Waals surface area contributed by atoms with Crippen molar-refractivity contribution in [2.45, 2.75) is 85.1 Å². The van der Waals surface area contributed by atoms with Gasteiger partial charge in [-0.2, -0.15) is 0 Å². The lowest BCUT2D eigenvalue weighted by atomic mass is 9.81. The van der Waals surface area contributed by atoms with E-state index in [0.717, 1.165) is 0 Å². The molecule has 1 heteroatoms. The van der Waals surface area contributed by atoms with Gasteiger partial charge in [-0.15, -0.1) is 0 Å². The molecule has 0 amide bonds. The van der Waals surface area contributed by atoms with E-state index in [1.54, 1.807) is 0 Å². The van der Waals surface area contributed by atoms with Gasteiger partial charge in [0.05, 0.1) is 0 Å². The molecule has 1 aliphatic rings. The van der Waals surface area contributed by atoms with Gasteiger partial charge < -0.3 is 4.90 Å². The minimum Gasteiger partial charge on any atom is -0.336 e. The molecule has 1 nitrogen and oxygen atoms in total. The van der Waals surface area contributed by atoms with Crippen molar-refractivity contribution in [3.63, 3.8) is 0 Å². The van der Waals surface area contributed by atoms with Crippen molar-refractivity contribution >= 4 is 11.4 Å². The minimum atomic E-state index is -0.0571. The van der Waals surface area contributed by atoms with Gasteiger partial charge in [0.1, 0.15) is 0 Å². The van der Waals surface area contributed by atoms with Crippen molar-refractivity contribution in [2.75, 3.05) is 4.90 Å². The van der Waals surface area contributed by atoms with Crippen LogP contribution in [0.2, 0.25) is 0 Å². The lowest BCUT2D eigenvalue weighted by Crippen LogP contribution is -2.39. The first-order valence-electron chi connectivity index (χ1n) is 12.1. The van der Waals surface area contributed by atoms with Crippen molar-refractivity contribution < 1.29 is 0 Å². The molecule has 0 N–H and O–H groups in total. The molecule has 0 bridgehead atoms. The first-order valence-corrected chi connectivity index (χ1v) is 12.1. The monoisotopic (exact) mass is 425 g/mol. The van der Waals surface area contributed by atoms with Crippen molar-refractivity contribution in [2.24, 2.45) is 0 Å².